The molecule has 1 N–H and O–H groups in total. The van der Waals surface area contributed by atoms with Crippen molar-refractivity contribution in [3.05, 3.63) is 89.5 Å². The fourth-order valence-corrected chi connectivity index (χ4v) is 3.67. The number of nitrogens with zero attached hydrogens (tertiary/aromatic N) is 2. The summed E-state index contributed by atoms with van der Waals surface area (Å²) in [6, 6.07) is 26.6. The van der Waals surface area contributed by atoms with E-state index in [0.717, 1.165) is 15.1 Å². The van der Waals surface area contributed by atoms with Crippen molar-refractivity contribution in [1.29, 1.82) is 0 Å². The second kappa shape index (κ2) is 7.57. The summed E-state index contributed by atoms with van der Waals surface area (Å²) in [6.45, 7) is 6.56. The van der Waals surface area contributed by atoms with Gasteiger partial charge >= 0.3 is 6.98 Å². The molecule has 0 radical (unpaired) electrons. The highest BCUT2D eigenvalue weighted by atomic mass is 15.2. The van der Waals surface area contributed by atoms with E-state index in [9.17, 15) is 0 Å². The molecule has 0 spiro atoms. The van der Waals surface area contributed by atoms with Gasteiger partial charge in [0.1, 0.15) is 0 Å². The third-order valence-corrected chi connectivity index (χ3v) is 5.26. The van der Waals surface area contributed by atoms with Gasteiger partial charge in [-0.15, -0.1) is 0 Å². The number of benzene rings is 3. The Kier molecular flexibility index (Phi) is 5.00. The van der Waals surface area contributed by atoms with Crippen LogP contribution in [-0.2, 0) is 0 Å². The van der Waals surface area contributed by atoms with Gasteiger partial charge in [0.15, 0.2) is 0 Å². The number of rotatable bonds is 3. The summed E-state index contributed by atoms with van der Waals surface area (Å²) >= 11 is 0. The van der Waals surface area contributed by atoms with Crippen LogP contribution in [0.4, 0.5) is 11.4 Å². The molecule has 0 saturated carbocycles. The molecule has 4 rings (SSSR count). The maximum Gasteiger partial charge on any atom is 0.387 e. The first-order valence-corrected chi connectivity index (χ1v) is 9.56. The Morgan fingerprint density at radius 3 is 1.37 bits per heavy atom. The van der Waals surface area contributed by atoms with Gasteiger partial charge in [-0.05, 0) is 50.5 Å². The van der Waals surface area contributed by atoms with E-state index in [4.69, 9.17) is 0 Å². The van der Waals surface area contributed by atoms with Crippen LogP contribution < -0.4 is 20.0 Å². The first kappa shape index (κ1) is 17.8. The Morgan fingerprint density at radius 2 is 0.963 bits per heavy atom. The predicted octanol–water partition coefficient (Wildman–Crippen LogP) is 2.46. The molecule has 3 nitrogen and oxygen atoms in total. The summed E-state index contributed by atoms with van der Waals surface area (Å²) in [5.74, 6) is 0. The number of nitrogens with one attached hydrogen (secondary N) is 1. The van der Waals surface area contributed by atoms with Crippen LogP contribution in [0.5, 0.6) is 0 Å². The molecule has 0 aliphatic carbocycles. The lowest BCUT2D eigenvalue weighted by molar-refractivity contribution is 1.30. The fraction of sp³-hybridized carbons (Fsp3) is 0.143. The van der Waals surface area contributed by atoms with E-state index in [2.05, 4.69) is 108 Å². The Balaban J connectivity index is 1.78. The zero-order valence-corrected chi connectivity index (χ0v) is 16.3. The molecule has 0 atom stereocenters. The first-order chi connectivity index (χ1) is 13.1. The Labute approximate surface area is 164 Å². The minimum absolute atomic E-state index is 0.150. The normalized spacial score (nSPS) is 14.0. The topological polar surface area (TPSA) is 18.5 Å². The van der Waals surface area contributed by atoms with Crippen molar-refractivity contribution >= 4 is 38.9 Å². The third-order valence-electron chi connectivity index (χ3n) is 5.26. The molecule has 1 aliphatic heterocycles. The summed E-state index contributed by atoms with van der Waals surface area (Å²) in [5.41, 5.74) is 7.63. The smallest absolute Gasteiger partial charge is 0.387 e. The largest absolute Gasteiger partial charge is 0.429 e. The van der Waals surface area contributed by atoms with Gasteiger partial charge in [0, 0.05) is 11.4 Å². The van der Waals surface area contributed by atoms with Gasteiger partial charge in [-0.2, -0.15) is 0 Å². The molecule has 1 heterocycles. The van der Waals surface area contributed by atoms with Crippen LogP contribution in [0.25, 0.3) is 0 Å². The molecule has 0 amide bonds. The first-order valence-electron chi connectivity index (χ1n) is 9.56. The average Bonchev–Trinajstić information content (AvgIpc) is 2.69. The Hall–Kier alpha value is -2.59. The number of hydrogen-bond donors (Lipinski definition) is 1. The summed E-state index contributed by atoms with van der Waals surface area (Å²) in [7, 11) is 1.65. The number of hydrogen-bond acceptors (Lipinski definition) is 3. The summed E-state index contributed by atoms with van der Waals surface area (Å²) < 4.78 is 4.88. The molecule has 1 fully saturated rings. The minimum Gasteiger partial charge on any atom is -0.429 e. The van der Waals surface area contributed by atoms with Crippen molar-refractivity contribution in [1.82, 2.24) is 5.14 Å². The van der Waals surface area contributed by atoms with Gasteiger partial charge in [0.25, 0.3) is 15.1 Å². The van der Waals surface area contributed by atoms with Crippen molar-refractivity contribution in [2.45, 2.75) is 20.8 Å². The lowest BCUT2D eigenvalue weighted by Crippen LogP contribution is -2.72. The monoisotopic (exact) mass is 351 g/mol. The third kappa shape index (κ3) is 3.76. The highest BCUT2D eigenvalue weighted by Crippen LogP contribution is 2.23. The molecule has 3 aromatic rings. The molecule has 6 heteroatoms. The van der Waals surface area contributed by atoms with Crippen molar-refractivity contribution < 1.29 is 0 Å². The van der Waals surface area contributed by atoms with Crippen LogP contribution in [0.3, 0.4) is 0 Å². The van der Waals surface area contributed by atoms with Crippen molar-refractivity contribution in [2.24, 2.45) is 0 Å². The maximum absolute atomic E-state index is 3.57. The number of anilines is 2. The molecule has 1 aliphatic rings. The van der Waals surface area contributed by atoms with Crippen LogP contribution in [0.15, 0.2) is 72.8 Å². The van der Waals surface area contributed by atoms with Crippen LogP contribution in [0.2, 0.25) is 0 Å². The molecule has 1 saturated heterocycles. The van der Waals surface area contributed by atoms with Crippen LogP contribution in [0, 0.1) is 20.8 Å². The van der Waals surface area contributed by atoms with E-state index in [1.54, 1.807) is 0 Å². The summed E-state index contributed by atoms with van der Waals surface area (Å²) in [4.78, 5) is 0. The fourth-order valence-electron chi connectivity index (χ4n) is 3.67. The van der Waals surface area contributed by atoms with Crippen molar-refractivity contribution in [3.63, 3.8) is 0 Å². The van der Waals surface area contributed by atoms with Gasteiger partial charge in [0.2, 0.25) is 0 Å². The lowest BCUT2D eigenvalue weighted by atomic mass is 9.54. The quantitative estimate of drug-likeness (QED) is 0.732. The summed E-state index contributed by atoms with van der Waals surface area (Å²) in [6.07, 6.45) is 0. The van der Waals surface area contributed by atoms with Crippen molar-refractivity contribution in [3.8, 4) is 0 Å². The molecular formula is C21H24B3N3. The predicted molar refractivity (Wildman–Crippen MR) is 121 cm³/mol. The average molecular weight is 351 g/mol. The molecule has 0 aromatic heterocycles. The summed E-state index contributed by atoms with van der Waals surface area (Å²) in [5, 5.41) is 3.57. The second-order valence-electron chi connectivity index (χ2n) is 7.46. The van der Waals surface area contributed by atoms with E-state index >= 15 is 0 Å². The van der Waals surface area contributed by atoms with E-state index in [1.165, 1.54) is 33.5 Å². The van der Waals surface area contributed by atoms with Crippen molar-refractivity contribution in [2.75, 3.05) is 9.44 Å². The Bertz CT molecular complexity index is 842. The molecule has 0 bridgehead atoms. The maximum atomic E-state index is 3.57. The van der Waals surface area contributed by atoms with E-state index in [1.807, 2.05) is 0 Å². The molecule has 0 unspecified atom stereocenters. The highest BCUT2D eigenvalue weighted by molar-refractivity contribution is 6.96. The molecule has 132 valence electrons. The SMILES string of the molecule is Cc1ccc(B2N(c3ccc(C)cc3)BNBN2c2ccc(C)cc2)cc1. The van der Waals surface area contributed by atoms with E-state index in [-0.39, 0.29) is 6.98 Å². The van der Waals surface area contributed by atoms with Gasteiger partial charge < -0.3 is 14.6 Å². The molecule has 27 heavy (non-hydrogen) atoms. The lowest BCUT2D eigenvalue weighted by Gasteiger charge is -2.44. The highest BCUT2D eigenvalue weighted by Gasteiger charge is 2.37. The van der Waals surface area contributed by atoms with Crippen LogP contribution in [0.1, 0.15) is 16.7 Å². The molecule has 3 aromatic carbocycles. The van der Waals surface area contributed by atoms with Crippen LogP contribution in [-0.4, -0.2) is 22.1 Å². The van der Waals surface area contributed by atoms with E-state index < -0.39 is 0 Å². The second-order valence-corrected chi connectivity index (χ2v) is 7.46. The van der Waals surface area contributed by atoms with Gasteiger partial charge in [-0.25, -0.2) is 0 Å². The van der Waals surface area contributed by atoms with Crippen LogP contribution >= 0.6 is 0 Å². The van der Waals surface area contributed by atoms with Gasteiger partial charge in [-0.3, -0.25) is 0 Å². The molecular weight excluding hydrogens is 327 g/mol. The zero-order valence-electron chi connectivity index (χ0n) is 16.3. The standard InChI is InChI=1S/C21H24B3N3/c1-16-4-10-19(11-5-16)24-26(20-12-6-17(2)7-13-20)22-25-23-27(24)21-14-8-18(3)9-15-21/h4-15,22-23,25H,1-3H3. The van der Waals surface area contributed by atoms with Gasteiger partial charge in [0.05, 0.1) is 0 Å². The Morgan fingerprint density at radius 1 is 0.593 bits per heavy atom. The van der Waals surface area contributed by atoms with Gasteiger partial charge in [-0.1, -0.05) is 65.2 Å². The minimum atomic E-state index is 0.150. The zero-order chi connectivity index (χ0) is 18.8. The van der Waals surface area contributed by atoms with E-state index in [0.29, 0.717) is 0 Å². The number of aryl methyl sites for hydroxylation is 3.